The summed E-state index contributed by atoms with van der Waals surface area (Å²) in [6.07, 6.45) is 3.99. The van der Waals surface area contributed by atoms with Gasteiger partial charge in [0.25, 0.3) is 15.2 Å². The SMILES string of the molecule is CC(O)N(c1nc(N2CCCCC2)c2nc(S(=O)(=O)N(C)C)nc(N3CCCCC3)c2n1)C(C)O. The molecule has 35 heavy (non-hydrogen) atoms. The number of aliphatic hydroxyl groups is 2. The first kappa shape index (κ1) is 25.7. The van der Waals surface area contributed by atoms with Crippen LogP contribution in [0.4, 0.5) is 17.6 Å². The molecule has 0 aliphatic carbocycles. The number of fused-ring (bicyclic) bond motifs is 1. The van der Waals surface area contributed by atoms with E-state index in [9.17, 15) is 18.6 Å². The highest BCUT2D eigenvalue weighted by molar-refractivity contribution is 7.88. The van der Waals surface area contributed by atoms with E-state index in [0.29, 0.717) is 22.7 Å². The number of piperidine rings is 2. The van der Waals surface area contributed by atoms with Gasteiger partial charge in [-0.1, -0.05) is 0 Å². The number of hydrogen-bond acceptors (Lipinski definition) is 11. The molecule has 194 valence electrons. The van der Waals surface area contributed by atoms with Gasteiger partial charge in [-0.3, -0.25) is 4.90 Å². The van der Waals surface area contributed by atoms with E-state index in [4.69, 9.17) is 9.97 Å². The van der Waals surface area contributed by atoms with Gasteiger partial charge in [0.05, 0.1) is 0 Å². The maximum absolute atomic E-state index is 13.1. The minimum Gasteiger partial charge on any atom is -0.374 e. The van der Waals surface area contributed by atoms with Gasteiger partial charge in [0, 0.05) is 40.3 Å². The molecule has 0 aromatic carbocycles. The van der Waals surface area contributed by atoms with Crippen LogP contribution in [0.2, 0.25) is 0 Å². The summed E-state index contributed by atoms with van der Waals surface area (Å²) < 4.78 is 27.3. The number of rotatable bonds is 7. The average Bonchev–Trinajstić information content (AvgIpc) is 2.83. The lowest BCUT2D eigenvalue weighted by Crippen LogP contribution is -2.42. The third-order valence-electron chi connectivity index (χ3n) is 6.53. The molecule has 2 aliphatic rings. The van der Waals surface area contributed by atoms with Crippen molar-refractivity contribution in [3.05, 3.63) is 0 Å². The van der Waals surface area contributed by atoms with E-state index in [1.165, 1.54) is 32.8 Å². The number of aromatic nitrogens is 4. The highest BCUT2D eigenvalue weighted by Crippen LogP contribution is 2.34. The lowest BCUT2D eigenvalue weighted by Gasteiger charge is -2.33. The fourth-order valence-corrected chi connectivity index (χ4v) is 5.38. The predicted molar refractivity (Wildman–Crippen MR) is 134 cm³/mol. The fraction of sp³-hybridized carbons (Fsp3) is 0.727. The van der Waals surface area contributed by atoms with Gasteiger partial charge in [-0.15, -0.1) is 0 Å². The van der Waals surface area contributed by atoms with Gasteiger partial charge >= 0.3 is 0 Å². The normalized spacial score (nSPS) is 19.3. The fourth-order valence-electron chi connectivity index (χ4n) is 4.65. The lowest BCUT2D eigenvalue weighted by atomic mass is 10.1. The summed E-state index contributed by atoms with van der Waals surface area (Å²) in [5.74, 6) is 1.08. The zero-order chi connectivity index (χ0) is 25.3. The molecule has 2 aromatic heterocycles. The van der Waals surface area contributed by atoms with Crippen LogP contribution >= 0.6 is 0 Å². The molecular formula is C22H36N8O4S. The van der Waals surface area contributed by atoms with Gasteiger partial charge in [-0.25, -0.2) is 22.7 Å². The molecule has 2 unspecified atom stereocenters. The lowest BCUT2D eigenvalue weighted by molar-refractivity contribution is 0.103. The average molecular weight is 509 g/mol. The highest BCUT2D eigenvalue weighted by Gasteiger charge is 2.31. The molecular weight excluding hydrogens is 472 g/mol. The van der Waals surface area contributed by atoms with Crippen molar-refractivity contribution < 1.29 is 18.6 Å². The zero-order valence-corrected chi connectivity index (χ0v) is 21.7. The summed E-state index contributed by atoms with van der Waals surface area (Å²) >= 11 is 0. The number of sulfonamides is 1. The summed E-state index contributed by atoms with van der Waals surface area (Å²) in [4.78, 5) is 23.9. The van der Waals surface area contributed by atoms with Crippen LogP contribution in [0.1, 0.15) is 52.4 Å². The van der Waals surface area contributed by atoms with E-state index in [1.54, 1.807) is 0 Å². The molecule has 2 fully saturated rings. The van der Waals surface area contributed by atoms with Crippen LogP contribution in [0.5, 0.6) is 0 Å². The van der Waals surface area contributed by atoms with Crippen molar-refractivity contribution in [2.45, 2.75) is 70.0 Å². The number of anilines is 3. The molecule has 0 bridgehead atoms. The monoisotopic (exact) mass is 508 g/mol. The van der Waals surface area contributed by atoms with Crippen LogP contribution in [0.3, 0.4) is 0 Å². The Bertz CT molecular complexity index is 1140. The first-order valence-electron chi connectivity index (χ1n) is 12.3. The molecule has 2 aromatic rings. The van der Waals surface area contributed by atoms with Crippen LogP contribution < -0.4 is 14.7 Å². The highest BCUT2D eigenvalue weighted by atomic mass is 32.2. The summed E-state index contributed by atoms with van der Waals surface area (Å²) in [6, 6.07) is 0. The van der Waals surface area contributed by atoms with E-state index in [-0.39, 0.29) is 11.1 Å². The second-order valence-electron chi connectivity index (χ2n) is 9.43. The summed E-state index contributed by atoms with van der Waals surface area (Å²) in [6.45, 7) is 6.01. The van der Waals surface area contributed by atoms with Gasteiger partial charge in [-0.2, -0.15) is 9.97 Å². The quantitative estimate of drug-likeness (QED) is 0.411. The topological polar surface area (TPSA) is 139 Å². The number of aliphatic hydroxyl groups excluding tert-OH is 2. The van der Waals surface area contributed by atoms with Gasteiger partial charge < -0.3 is 20.0 Å². The third-order valence-corrected chi connectivity index (χ3v) is 8.14. The molecule has 0 saturated carbocycles. The molecule has 2 saturated heterocycles. The molecule has 2 aliphatic heterocycles. The Morgan fingerprint density at radius 3 is 1.66 bits per heavy atom. The maximum Gasteiger partial charge on any atom is 0.278 e. The van der Waals surface area contributed by atoms with Gasteiger partial charge in [0.2, 0.25) is 5.95 Å². The van der Waals surface area contributed by atoms with Crippen LogP contribution in [0.25, 0.3) is 11.0 Å². The van der Waals surface area contributed by atoms with E-state index >= 15 is 0 Å². The third kappa shape index (κ3) is 5.13. The summed E-state index contributed by atoms with van der Waals surface area (Å²) in [7, 11) is -0.998. The molecule has 0 radical (unpaired) electrons. The van der Waals surface area contributed by atoms with Crippen LogP contribution in [0, 0.1) is 0 Å². The summed E-state index contributed by atoms with van der Waals surface area (Å²) in [5.41, 5.74) is 0.782. The summed E-state index contributed by atoms with van der Waals surface area (Å²) in [5, 5.41) is 20.5. The van der Waals surface area contributed by atoms with Crippen LogP contribution in [0.15, 0.2) is 5.16 Å². The van der Waals surface area contributed by atoms with E-state index in [1.807, 2.05) is 4.90 Å². The Kier molecular flexibility index (Phi) is 7.60. The van der Waals surface area contributed by atoms with E-state index in [2.05, 4.69) is 14.9 Å². The Hall–Kier alpha value is -2.35. The van der Waals surface area contributed by atoms with Crippen molar-refractivity contribution in [1.29, 1.82) is 0 Å². The molecule has 4 rings (SSSR count). The van der Waals surface area contributed by atoms with Gasteiger partial charge in [0.15, 0.2) is 11.6 Å². The van der Waals surface area contributed by atoms with Crippen LogP contribution in [-0.2, 0) is 10.0 Å². The molecule has 13 heteroatoms. The second kappa shape index (κ2) is 10.3. The minimum absolute atomic E-state index is 0.146. The Morgan fingerprint density at radius 1 is 0.743 bits per heavy atom. The van der Waals surface area contributed by atoms with Crippen molar-refractivity contribution in [3.8, 4) is 0 Å². The van der Waals surface area contributed by atoms with E-state index in [0.717, 1.165) is 69.0 Å². The predicted octanol–water partition coefficient (Wildman–Crippen LogP) is 1.13. The van der Waals surface area contributed by atoms with Crippen molar-refractivity contribution in [1.82, 2.24) is 24.2 Å². The molecule has 4 heterocycles. The standard InChI is InChI=1S/C22H36N8O4S/c1-15(31)30(16(2)32)21-23-17-18(19(25-21)28-11-7-5-8-12-28)24-22(35(33,34)27(3)4)26-20(17)29-13-9-6-10-14-29/h15-16,31-32H,5-14H2,1-4H3. The van der Waals surface area contributed by atoms with Crippen molar-refractivity contribution >= 4 is 38.6 Å². The number of hydrogen-bond donors (Lipinski definition) is 2. The molecule has 2 N–H and O–H groups in total. The van der Waals surface area contributed by atoms with Crippen LogP contribution in [-0.4, -0.2) is 95.6 Å². The smallest absolute Gasteiger partial charge is 0.278 e. The van der Waals surface area contributed by atoms with Gasteiger partial charge in [-0.05, 0) is 52.4 Å². The first-order chi connectivity index (χ1) is 16.6. The molecule has 0 amide bonds. The Morgan fingerprint density at radius 2 is 1.20 bits per heavy atom. The largest absolute Gasteiger partial charge is 0.374 e. The number of nitrogens with zero attached hydrogens (tertiary/aromatic N) is 8. The van der Waals surface area contributed by atoms with E-state index < -0.39 is 22.5 Å². The Labute approximate surface area is 206 Å². The minimum atomic E-state index is -3.91. The molecule has 12 nitrogen and oxygen atoms in total. The first-order valence-corrected chi connectivity index (χ1v) is 13.7. The van der Waals surface area contributed by atoms with Crippen molar-refractivity contribution in [2.24, 2.45) is 0 Å². The van der Waals surface area contributed by atoms with Gasteiger partial charge in [0.1, 0.15) is 23.5 Å². The van der Waals surface area contributed by atoms with Crippen molar-refractivity contribution in [2.75, 3.05) is 55.0 Å². The maximum atomic E-state index is 13.1. The van der Waals surface area contributed by atoms with Crippen molar-refractivity contribution in [3.63, 3.8) is 0 Å². The second-order valence-corrected chi connectivity index (χ2v) is 11.5. The zero-order valence-electron chi connectivity index (χ0n) is 20.9. The Balaban J connectivity index is 2.04. The molecule has 0 spiro atoms. The molecule has 2 atom stereocenters.